The van der Waals surface area contributed by atoms with E-state index in [0.717, 1.165) is 72.0 Å². The van der Waals surface area contributed by atoms with E-state index in [0.29, 0.717) is 18.5 Å². The van der Waals surface area contributed by atoms with E-state index in [1.54, 1.807) is 10.8 Å². The van der Waals surface area contributed by atoms with Gasteiger partial charge in [0.05, 0.1) is 23.8 Å². The number of likely N-dealkylation sites (tertiary alicyclic amines) is 1. The topological polar surface area (TPSA) is 70.0 Å². The summed E-state index contributed by atoms with van der Waals surface area (Å²) < 4.78 is 18.6. The maximum Gasteiger partial charge on any atom is 0.418 e. The van der Waals surface area contributed by atoms with E-state index < -0.39 is 11.7 Å². The van der Waals surface area contributed by atoms with E-state index in [1.165, 1.54) is 7.11 Å². The summed E-state index contributed by atoms with van der Waals surface area (Å²) in [5.74, 6) is 2.49. The molecule has 2 fully saturated rings. The fourth-order valence-corrected chi connectivity index (χ4v) is 6.47. The molecule has 2 aliphatic heterocycles. The van der Waals surface area contributed by atoms with Crippen molar-refractivity contribution in [2.75, 3.05) is 20.3 Å². The lowest BCUT2D eigenvalue weighted by Gasteiger charge is -2.45. The predicted molar refractivity (Wildman–Crippen MR) is 159 cm³/mol. The van der Waals surface area contributed by atoms with Gasteiger partial charge in [-0.15, -0.1) is 12.3 Å². The van der Waals surface area contributed by atoms with Crippen LogP contribution in [0, 0.1) is 19.3 Å². The van der Waals surface area contributed by atoms with Gasteiger partial charge in [0.1, 0.15) is 5.60 Å². The van der Waals surface area contributed by atoms with Crippen LogP contribution in [0.1, 0.15) is 85.1 Å². The number of ether oxygens (including phenoxy) is 3. The summed E-state index contributed by atoms with van der Waals surface area (Å²) in [6.45, 7) is 9.96. The molecule has 2 aliphatic rings. The van der Waals surface area contributed by atoms with E-state index in [2.05, 4.69) is 16.9 Å². The van der Waals surface area contributed by atoms with Gasteiger partial charge in [-0.1, -0.05) is 18.2 Å². The summed E-state index contributed by atoms with van der Waals surface area (Å²) in [5.41, 5.74) is 5.01. The molecule has 1 aromatic heterocycles. The Bertz CT molecular complexity index is 1480. The molecule has 2 saturated heterocycles. The fourth-order valence-electron chi connectivity index (χ4n) is 6.47. The number of rotatable bonds is 5. The van der Waals surface area contributed by atoms with Crippen molar-refractivity contribution in [3.63, 3.8) is 0 Å². The smallest absolute Gasteiger partial charge is 0.418 e. The molecular weight excluding hydrogens is 516 g/mol. The summed E-state index contributed by atoms with van der Waals surface area (Å²) in [6, 6.07) is 12.0. The molecule has 0 N–H and O–H groups in total. The Balaban J connectivity index is 1.55. The molecular formula is C34H40N2O5. The largest absolute Gasteiger partial charge is 0.465 e. The van der Waals surface area contributed by atoms with Crippen LogP contribution in [0.3, 0.4) is 0 Å². The van der Waals surface area contributed by atoms with Crippen LogP contribution in [-0.4, -0.2) is 53.0 Å². The summed E-state index contributed by atoms with van der Waals surface area (Å²) in [6.07, 6.45) is 11.7. The van der Waals surface area contributed by atoms with Gasteiger partial charge in [0.15, 0.2) is 0 Å². The maximum absolute atomic E-state index is 13.1. The molecule has 2 atom stereocenters. The molecule has 2 aromatic carbocycles. The number of fused-ring (bicyclic) bond motifs is 1. The zero-order valence-corrected chi connectivity index (χ0v) is 24.8. The SMILES string of the molecule is C#CCc1cc(C)c2c(ccn2C(=O)OC(C)(C)C)c1CN1CC[C@]2(CCCO2)C[C@H]1c1ccc(C(=O)OC)cc1. The minimum Gasteiger partial charge on any atom is -0.465 e. The van der Waals surface area contributed by atoms with Crippen molar-refractivity contribution in [3.05, 3.63) is 70.4 Å². The third kappa shape index (κ3) is 5.91. The number of esters is 1. The first-order valence-corrected chi connectivity index (χ1v) is 14.4. The number of aromatic nitrogens is 1. The van der Waals surface area contributed by atoms with Crippen molar-refractivity contribution >= 4 is 23.0 Å². The van der Waals surface area contributed by atoms with Crippen molar-refractivity contribution in [1.29, 1.82) is 0 Å². The van der Waals surface area contributed by atoms with E-state index in [1.807, 2.05) is 58.0 Å². The zero-order chi connectivity index (χ0) is 29.4. The highest BCUT2D eigenvalue weighted by atomic mass is 16.6. The normalized spacial score (nSPS) is 21.2. The second-order valence-electron chi connectivity index (χ2n) is 12.3. The fraction of sp³-hybridized carbons (Fsp3) is 0.471. The molecule has 7 nitrogen and oxygen atoms in total. The third-order valence-electron chi connectivity index (χ3n) is 8.37. The van der Waals surface area contributed by atoms with Crippen molar-refractivity contribution in [2.45, 2.75) is 83.6 Å². The van der Waals surface area contributed by atoms with Crippen LogP contribution in [0.25, 0.3) is 10.9 Å². The van der Waals surface area contributed by atoms with Crippen LogP contribution in [-0.2, 0) is 27.2 Å². The molecule has 1 spiro atoms. The standard InChI is InChI=1S/C34H40N2O5/c1-7-9-26-20-23(2)30-27(14-17-36(30)32(38)41-33(3,4)5)28(26)22-35-18-16-34(15-8-19-40-34)21-29(35)24-10-12-25(13-11-24)31(37)39-6/h1,10-14,17,20,29H,8-9,15-16,18-19,21-22H2,2-6H3/t29-,34+/m0/s1. The van der Waals surface area contributed by atoms with Gasteiger partial charge in [-0.2, -0.15) is 0 Å². The number of benzene rings is 2. The second-order valence-corrected chi connectivity index (χ2v) is 12.3. The third-order valence-corrected chi connectivity index (χ3v) is 8.37. The number of piperidine rings is 1. The van der Waals surface area contributed by atoms with Crippen LogP contribution in [0.4, 0.5) is 4.79 Å². The van der Waals surface area contributed by atoms with Gasteiger partial charge in [0.2, 0.25) is 0 Å². The quantitative estimate of drug-likeness (QED) is 0.261. The number of terminal acetylenes is 1. The Morgan fingerprint density at radius 2 is 1.93 bits per heavy atom. The number of methoxy groups -OCH3 is 1. The van der Waals surface area contributed by atoms with Crippen molar-refractivity contribution in [3.8, 4) is 12.3 Å². The van der Waals surface area contributed by atoms with Crippen molar-refractivity contribution < 1.29 is 23.8 Å². The first-order valence-electron chi connectivity index (χ1n) is 14.4. The molecule has 0 radical (unpaired) electrons. The van der Waals surface area contributed by atoms with Crippen molar-refractivity contribution in [2.24, 2.45) is 0 Å². The molecule has 7 heteroatoms. The molecule has 3 aromatic rings. The average Bonchev–Trinajstić information content (AvgIpc) is 3.59. The molecule has 0 amide bonds. The summed E-state index contributed by atoms with van der Waals surface area (Å²) in [4.78, 5) is 27.7. The summed E-state index contributed by atoms with van der Waals surface area (Å²) in [7, 11) is 1.40. The average molecular weight is 557 g/mol. The van der Waals surface area contributed by atoms with E-state index in [-0.39, 0.29) is 17.6 Å². The Hall–Kier alpha value is -3.60. The molecule has 0 aliphatic carbocycles. The molecule has 0 unspecified atom stereocenters. The van der Waals surface area contributed by atoms with Gasteiger partial charge in [-0.05, 0) is 93.8 Å². The lowest BCUT2D eigenvalue weighted by molar-refractivity contribution is -0.0675. The number of nitrogens with zero attached hydrogens (tertiary/aromatic N) is 2. The van der Waals surface area contributed by atoms with Crippen molar-refractivity contribution in [1.82, 2.24) is 9.47 Å². The first-order chi connectivity index (χ1) is 19.5. The van der Waals surface area contributed by atoms with Crippen LogP contribution in [0.2, 0.25) is 0 Å². The van der Waals surface area contributed by atoms with Gasteiger partial charge < -0.3 is 14.2 Å². The monoisotopic (exact) mass is 556 g/mol. The van der Waals surface area contributed by atoms with Crippen LogP contribution in [0.15, 0.2) is 42.6 Å². The highest BCUT2D eigenvalue weighted by molar-refractivity contribution is 5.94. The number of hydrogen-bond acceptors (Lipinski definition) is 6. The molecule has 0 saturated carbocycles. The predicted octanol–water partition coefficient (Wildman–Crippen LogP) is 6.58. The number of carbonyl (C=O) groups is 2. The summed E-state index contributed by atoms with van der Waals surface area (Å²) >= 11 is 0. The van der Waals surface area contributed by atoms with E-state index in [4.69, 9.17) is 20.6 Å². The summed E-state index contributed by atoms with van der Waals surface area (Å²) in [5, 5.41) is 1.01. The lowest BCUT2D eigenvalue weighted by atomic mass is 9.81. The molecule has 0 bridgehead atoms. The minimum absolute atomic E-state index is 0.0940. The number of hydrogen-bond donors (Lipinski definition) is 0. The Morgan fingerprint density at radius 3 is 2.56 bits per heavy atom. The van der Waals surface area contributed by atoms with Crippen LogP contribution >= 0.6 is 0 Å². The molecule has 41 heavy (non-hydrogen) atoms. The molecule has 5 rings (SSSR count). The number of aryl methyl sites for hydroxylation is 1. The van der Waals surface area contributed by atoms with Gasteiger partial charge >= 0.3 is 12.1 Å². The highest BCUT2D eigenvalue weighted by Gasteiger charge is 2.43. The van der Waals surface area contributed by atoms with Crippen LogP contribution < -0.4 is 0 Å². The van der Waals surface area contributed by atoms with E-state index in [9.17, 15) is 9.59 Å². The van der Waals surface area contributed by atoms with Crippen LogP contribution in [0.5, 0.6) is 0 Å². The zero-order valence-electron chi connectivity index (χ0n) is 24.8. The Morgan fingerprint density at radius 1 is 1.17 bits per heavy atom. The first kappa shape index (κ1) is 28.9. The van der Waals surface area contributed by atoms with Gasteiger partial charge in [0.25, 0.3) is 0 Å². The van der Waals surface area contributed by atoms with E-state index >= 15 is 0 Å². The molecule has 216 valence electrons. The highest BCUT2D eigenvalue weighted by Crippen LogP contribution is 2.45. The van der Waals surface area contributed by atoms with Gasteiger partial charge in [-0.3, -0.25) is 9.47 Å². The Labute approximate surface area is 242 Å². The lowest BCUT2D eigenvalue weighted by Crippen LogP contribution is -2.45. The van der Waals surface area contributed by atoms with Gasteiger partial charge in [-0.25, -0.2) is 9.59 Å². The molecule has 3 heterocycles. The number of carbonyl (C=O) groups excluding carboxylic acids is 2. The Kier molecular flexibility index (Phi) is 8.00. The van der Waals surface area contributed by atoms with Gasteiger partial charge in [0, 0.05) is 43.7 Å². The second kappa shape index (κ2) is 11.3. The maximum atomic E-state index is 13.1. The minimum atomic E-state index is -0.601.